The van der Waals surface area contributed by atoms with Gasteiger partial charge in [0.05, 0.1) is 23.3 Å². The number of nitro groups is 1. The van der Waals surface area contributed by atoms with E-state index in [4.69, 9.17) is 4.74 Å². The van der Waals surface area contributed by atoms with Gasteiger partial charge in [-0.1, -0.05) is 12.1 Å². The summed E-state index contributed by atoms with van der Waals surface area (Å²) in [6, 6.07) is 5.73. The van der Waals surface area contributed by atoms with Crippen LogP contribution in [0.3, 0.4) is 0 Å². The van der Waals surface area contributed by atoms with Crippen LogP contribution < -0.4 is 10.7 Å². The maximum absolute atomic E-state index is 12.4. The Balaban J connectivity index is 1.73. The van der Waals surface area contributed by atoms with Crippen LogP contribution in [-0.2, 0) is 27.2 Å². The van der Waals surface area contributed by atoms with Crippen molar-refractivity contribution in [3.63, 3.8) is 0 Å². The number of nitrogens with zero attached hydrogens (tertiary/aromatic N) is 2. The zero-order chi connectivity index (χ0) is 22.5. The zero-order valence-corrected chi connectivity index (χ0v) is 17.7. The summed E-state index contributed by atoms with van der Waals surface area (Å²) in [4.78, 5) is 48.1. The number of hydrazone groups is 1. The molecule has 1 aliphatic carbocycles. The lowest BCUT2D eigenvalue weighted by atomic mass is 9.95. The molecule has 2 amide bonds. The number of rotatable bonds is 5. The summed E-state index contributed by atoms with van der Waals surface area (Å²) in [6.45, 7) is 1.54. The van der Waals surface area contributed by atoms with Crippen molar-refractivity contribution >= 4 is 45.5 Å². The van der Waals surface area contributed by atoms with E-state index in [9.17, 15) is 24.5 Å². The van der Waals surface area contributed by atoms with Gasteiger partial charge in [-0.25, -0.2) is 10.2 Å². The predicted octanol–water partition coefficient (Wildman–Crippen LogP) is 2.80. The van der Waals surface area contributed by atoms with E-state index in [0.717, 1.165) is 29.7 Å². The Bertz CT molecular complexity index is 1090. The highest BCUT2D eigenvalue weighted by Crippen LogP contribution is 2.38. The highest BCUT2D eigenvalue weighted by Gasteiger charge is 2.28. The van der Waals surface area contributed by atoms with Gasteiger partial charge in [-0.2, -0.15) is 5.10 Å². The molecular weight excluding hydrogens is 424 g/mol. The van der Waals surface area contributed by atoms with E-state index in [2.05, 4.69) is 15.8 Å². The summed E-state index contributed by atoms with van der Waals surface area (Å²) in [5, 5.41) is 17.5. The van der Waals surface area contributed by atoms with Gasteiger partial charge >= 0.3 is 17.8 Å². The number of carbonyl (C=O) groups excluding carboxylic acids is 3. The van der Waals surface area contributed by atoms with E-state index in [0.29, 0.717) is 17.5 Å². The second-order valence-electron chi connectivity index (χ2n) is 6.81. The minimum Gasteiger partial charge on any atom is -0.465 e. The molecule has 11 heteroatoms. The Morgan fingerprint density at radius 1 is 1.19 bits per heavy atom. The summed E-state index contributed by atoms with van der Waals surface area (Å²) in [7, 11) is 1.26. The van der Waals surface area contributed by atoms with Crippen molar-refractivity contribution in [3.8, 4) is 0 Å². The molecule has 0 radical (unpaired) electrons. The number of hydrogen-bond acceptors (Lipinski definition) is 8. The number of nitrogens with one attached hydrogen (secondary N) is 2. The number of aryl methyl sites for hydroxylation is 1. The van der Waals surface area contributed by atoms with Gasteiger partial charge in [0.15, 0.2) is 0 Å². The second-order valence-corrected chi connectivity index (χ2v) is 7.91. The SMILES string of the molecule is COC(=O)c1c(NC(=O)C(=O)N/N=C(\C)c2cccc([N+](=O)[O-])c2)sc2c1CCCC2. The number of carbonyl (C=O) groups is 3. The van der Waals surface area contributed by atoms with Crippen LogP contribution in [0.15, 0.2) is 29.4 Å². The van der Waals surface area contributed by atoms with Crippen LogP contribution in [0.1, 0.15) is 46.1 Å². The first kappa shape index (κ1) is 22.1. The Kier molecular flexibility index (Phi) is 6.75. The molecule has 0 saturated carbocycles. The van der Waals surface area contributed by atoms with E-state index in [1.807, 2.05) is 0 Å². The quantitative estimate of drug-likeness (QED) is 0.239. The summed E-state index contributed by atoms with van der Waals surface area (Å²) >= 11 is 1.26. The van der Waals surface area contributed by atoms with Gasteiger partial charge in [0, 0.05) is 22.6 Å². The molecule has 3 rings (SSSR count). The molecule has 0 atom stereocenters. The molecule has 0 saturated heterocycles. The van der Waals surface area contributed by atoms with Crippen molar-refractivity contribution in [2.75, 3.05) is 12.4 Å². The topological polar surface area (TPSA) is 140 Å². The molecule has 1 aromatic heterocycles. The smallest absolute Gasteiger partial charge is 0.341 e. The maximum Gasteiger partial charge on any atom is 0.341 e. The van der Waals surface area contributed by atoms with E-state index < -0.39 is 22.7 Å². The zero-order valence-electron chi connectivity index (χ0n) is 16.9. The van der Waals surface area contributed by atoms with Crippen molar-refractivity contribution < 1.29 is 24.0 Å². The molecule has 1 aliphatic rings. The van der Waals surface area contributed by atoms with Crippen LogP contribution >= 0.6 is 11.3 Å². The summed E-state index contributed by atoms with van der Waals surface area (Å²) in [5.74, 6) is -2.58. The van der Waals surface area contributed by atoms with Crippen LogP contribution in [0.25, 0.3) is 0 Å². The third-order valence-corrected chi connectivity index (χ3v) is 6.00. The largest absolute Gasteiger partial charge is 0.465 e. The lowest BCUT2D eigenvalue weighted by molar-refractivity contribution is -0.384. The Labute approximate surface area is 181 Å². The highest BCUT2D eigenvalue weighted by atomic mass is 32.1. The third kappa shape index (κ3) is 4.94. The lowest BCUT2D eigenvalue weighted by Crippen LogP contribution is -2.33. The fourth-order valence-corrected chi connectivity index (χ4v) is 4.50. The standard InChI is InChI=1S/C20H20N4O6S/c1-11(12-6-5-7-13(10-12)24(28)29)22-23-18(26)17(25)21-19-16(20(27)30-2)14-8-3-4-9-15(14)31-19/h5-7,10H,3-4,8-9H2,1-2H3,(H,21,25)(H,23,26)/b22-11+. The number of amides is 2. The van der Waals surface area contributed by atoms with Gasteiger partial charge in [0.25, 0.3) is 5.69 Å². The molecule has 0 unspecified atom stereocenters. The van der Waals surface area contributed by atoms with Gasteiger partial charge in [0.1, 0.15) is 5.00 Å². The van der Waals surface area contributed by atoms with Crippen LogP contribution in [0.5, 0.6) is 0 Å². The van der Waals surface area contributed by atoms with Crippen molar-refractivity contribution in [1.82, 2.24) is 5.43 Å². The molecule has 0 spiro atoms. The van der Waals surface area contributed by atoms with E-state index >= 15 is 0 Å². The van der Waals surface area contributed by atoms with Crippen LogP contribution in [-0.4, -0.2) is 35.5 Å². The van der Waals surface area contributed by atoms with Gasteiger partial charge < -0.3 is 10.1 Å². The first-order valence-electron chi connectivity index (χ1n) is 9.45. The number of nitro benzene ring substituents is 1. The molecule has 0 fully saturated rings. The van der Waals surface area contributed by atoms with Crippen molar-refractivity contribution in [2.45, 2.75) is 32.6 Å². The second kappa shape index (κ2) is 9.47. The lowest BCUT2D eigenvalue weighted by Gasteiger charge is -2.11. The molecule has 2 N–H and O–H groups in total. The average Bonchev–Trinajstić information content (AvgIpc) is 3.14. The summed E-state index contributed by atoms with van der Waals surface area (Å²) in [5.41, 5.74) is 3.87. The minimum atomic E-state index is -1.04. The van der Waals surface area contributed by atoms with Gasteiger partial charge in [-0.3, -0.25) is 19.7 Å². The minimum absolute atomic E-state index is 0.117. The van der Waals surface area contributed by atoms with Crippen LogP contribution in [0, 0.1) is 10.1 Å². The average molecular weight is 444 g/mol. The molecular formula is C20H20N4O6S. The fourth-order valence-electron chi connectivity index (χ4n) is 3.23. The molecule has 0 aliphatic heterocycles. The Hall–Kier alpha value is -3.60. The number of benzene rings is 1. The fraction of sp³-hybridized carbons (Fsp3) is 0.300. The number of anilines is 1. The van der Waals surface area contributed by atoms with E-state index in [-0.39, 0.29) is 16.4 Å². The predicted molar refractivity (Wildman–Crippen MR) is 114 cm³/mol. The number of methoxy groups -OCH3 is 1. The number of esters is 1. The maximum atomic E-state index is 12.4. The monoisotopic (exact) mass is 444 g/mol. The number of non-ortho nitro benzene ring substituents is 1. The highest BCUT2D eigenvalue weighted by molar-refractivity contribution is 7.17. The molecule has 31 heavy (non-hydrogen) atoms. The Morgan fingerprint density at radius 3 is 2.65 bits per heavy atom. The summed E-state index contributed by atoms with van der Waals surface area (Å²) < 4.78 is 4.84. The number of fused-ring (bicyclic) bond motifs is 1. The summed E-state index contributed by atoms with van der Waals surface area (Å²) in [6.07, 6.45) is 3.45. The van der Waals surface area contributed by atoms with Gasteiger partial charge in [-0.15, -0.1) is 11.3 Å². The van der Waals surface area contributed by atoms with Crippen molar-refractivity contribution in [1.29, 1.82) is 0 Å². The first-order chi connectivity index (χ1) is 14.8. The number of hydrogen-bond donors (Lipinski definition) is 2. The Morgan fingerprint density at radius 2 is 1.94 bits per heavy atom. The number of ether oxygens (including phenoxy) is 1. The first-order valence-corrected chi connectivity index (χ1v) is 10.3. The molecule has 0 bridgehead atoms. The molecule has 2 aromatic rings. The van der Waals surface area contributed by atoms with Crippen molar-refractivity contribution in [2.24, 2.45) is 5.10 Å². The van der Waals surface area contributed by atoms with E-state index in [1.165, 1.54) is 36.6 Å². The van der Waals surface area contributed by atoms with Gasteiger partial charge in [0.2, 0.25) is 0 Å². The van der Waals surface area contributed by atoms with Crippen LogP contribution in [0.4, 0.5) is 10.7 Å². The molecule has 1 aromatic carbocycles. The molecule has 1 heterocycles. The molecule has 162 valence electrons. The van der Waals surface area contributed by atoms with E-state index in [1.54, 1.807) is 13.0 Å². The third-order valence-electron chi connectivity index (χ3n) is 4.79. The number of thiophene rings is 1. The molecule has 10 nitrogen and oxygen atoms in total. The van der Waals surface area contributed by atoms with Crippen molar-refractivity contribution in [3.05, 3.63) is 55.9 Å². The van der Waals surface area contributed by atoms with Gasteiger partial charge in [-0.05, 0) is 38.2 Å². The van der Waals surface area contributed by atoms with Crippen LogP contribution in [0.2, 0.25) is 0 Å². The normalized spacial score (nSPS) is 13.2.